The van der Waals surface area contributed by atoms with Crippen LogP contribution in [-0.2, 0) is 41.3 Å². The Morgan fingerprint density at radius 2 is 0.892 bits per heavy atom. The van der Waals surface area contributed by atoms with Crippen LogP contribution in [0.3, 0.4) is 0 Å². The summed E-state index contributed by atoms with van der Waals surface area (Å²) in [4.78, 5) is 0. The SMILES string of the molecule is OC[C@H]1O[C@@H](OCCCc2cn([C@H]3[C@H](O)[C@@H](O)[C@H](n4cc([C@@H]5O[C@H](CO)[C@@H](n6cc(CCCO[C@@H]7O[C@H](CO)[C@H](O)[C@H](O)[C@H]7O)nn6)[C@H](O)[C@H]5O)nn4)O[C@@H]3CO)nn2)[C@H](O)[C@@H](O)[C@H]1O. The molecule has 4 fully saturated rings. The maximum Gasteiger partial charge on any atom is 0.186 e. The topological polar surface area (TPSA) is 431 Å². The van der Waals surface area contributed by atoms with Crippen LogP contribution in [-0.4, -0.2) is 254 Å². The van der Waals surface area contributed by atoms with E-state index >= 15 is 0 Å². The molecule has 0 bridgehead atoms. The molecule has 4 saturated heterocycles. The molecule has 29 heteroatoms. The quantitative estimate of drug-likeness (QED) is 0.0527. The van der Waals surface area contributed by atoms with E-state index in [9.17, 15) is 71.5 Å². The highest BCUT2D eigenvalue weighted by molar-refractivity contribution is 5.09. The lowest BCUT2D eigenvalue weighted by Crippen LogP contribution is -2.59. The minimum atomic E-state index is -1.69. The third-order valence-corrected chi connectivity index (χ3v) is 12.0. The zero-order valence-electron chi connectivity index (χ0n) is 34.6. The number of nitrogens with zero attached hydrogens (tertiary/aromatic N) is 9. The van der Waals surface area contributed by atoms with Crippen LogP contribution < -0.4 is 0 Å². The van der Waals surface area contributed by atoms with Crippen LogP contribution in [0.2, 0.25) is 0 Å². The molecule has 0 amide bonds. The van der Waals surface area contributed by atoms with E-state index in [0.717, 1.165) is 4.68 Å². The molecule has 366 valence electrons. The molecule has 14 N–H and O–H groups in total. The molecule has 0 radical (unpaired) electrons. The van der Waals surface area contributed by atoms with Gasteiger partial charge in [-0.15, -0.1) is 15.3 Å². The molecule has 29 nitrogen and oxygen atoms in total. The van der Waals surface area contributed by atoms with Gasteiger partial charge in [0.2, 0.25) is 0 Å². The standard InChI is InChI=1S/C36H57N9O20/c46-10-17-21(43-7-14(37-40-43)3-1-5-60-35-31(58)27(54)23(50)19(12-48)64-35)25(52)29(56)33(62-17)16-9-45(42-39-16)34-30(57)26(53)22(18(11-47)63-34)44-8-15(38-41-44)4-2-6-61-36-32(59)28(55)24(51)20(13-49)65-36/h7-9,17-36,46-59H,1-6,10-13H2/t17-,18-,19-,20-,21-,22-,23+,24+,25+,26+,27+,28+,29-,30-,31-,32-,33+,34-,35-,36-/m1/s1. The van der Waals surface area contributed by atoms with Gasteiger partial charge >= 0.3 is 0 Å². The third kappa shape index (κ3) is 10.4. The van der Waals surface area contributed by atoms with E-state index in [1.165, 1.54) is 28.0 Å². The lowest BCUT2D eigenvalue weighted by Gasteiger charge is -2.42. The maximum absolute atomic E-state index is 11.3. The summed E-state index contributed by atoms with van der Waals surface area (Å²) in [6.07, 6.45) is -20.5. The molecule has 7 heterocycles. The summed E-state index contributed by atoms with van der Waals surface area (Å²) in [5.74, 6) is 0. The molecule has 4 aliphatic heterocycles. The molecule has 3 aromatic rings. The summed E-state index contributed by atoms with van der Waals surface area (Å²) in [5.41, 5.74) is 0.796. The Kier molecular flexibility index (Phi) is 16.5. The number of aromatic nitrogens is 9. The summed E-state index contributed by atoms with van der Waals surface area (Å²) < 4.78 is 37.2. The van der Waals surface area contributed by atoms with Gasteiger partial charge in [0.1, 0.15) is 109 Å². The predicted molar refractivity (Wildman–Crippen MR) is 204 cm³/mol. The molecule has 7 rings (SSSR count). The summed E-state index contributed by atoms with van der Waals surface area (Å²) in [5, 5.41) is 169. The smallest absolute Gasteiger partial charge is 0.186 e. The van der Waals surface area contributed by atoms with Crippen molar-refractivity contribution in [1.29, 1.82) is 0 Å². The first-order chi connectivity index (χ1) is 31.2. The van der Waals surface area contributed by atoms with Crippen LogP contribution in [0.5, 0.6) is 0 Å². The second-order valence-electron chi connectivity index (χ2n) is 16.3. The zero-order chi connectivity index (χ0) is 46.7. The van der Waals surface area contributed by atoms with Gasteiger partial charge in [-0.2, -0.15) is 0 Å². The van der Waals surface area contributed by atoms with Crippen LogP contribution in [0.1, 0.15) is 54.3 Å². The molecule has 65 heavy (non-hydrogen) atoms. The Balaban J connectivity index is 0.918. The number of hydrogen-bond acceptors (Lipinski definition) is 26. The lowest BCUT2D eigenvalue weighted by atomic mass is 9.91. The van der Waals surface area contributed by atoms with E-state index in [4.69, 9.17) is 28.4 Å². The highest BCUT2D eigenvalue weighted by Gasteiger charge is 2.50. The van der Waals surface area contributed by atoms with Crippen LogP contribution in [0.4, 0.5) is 0 Å². The van der Waals surface area contributed by atoms with E-state index in [2.05, 4.69) is 30.9 Å². The van der Waals surface area contributed by atoms with E-state index < -0.39 is 149 Å². The fraction of sp³-hybridized carbons (Fsp3) is 0.833. The van der Waals surface area contributed by atoms with Gasteiger partial charge < -0.3 is 99.9 Å². The van der Waals surface area contributed by atoms with Crippen LogP contribution in [0.15, 0.2) is 18.6 Å². The average molecular weight is 936 g/mol. The van der Waals surface area contributed by atoms with Crippen molar-refractivity contribution < 1.29 is 99.9 Å². The number of aliphatic hydroxyl groups is 14. The summed E-state index contributed by atoms with van der Waals surface area (Å²) in [6.45, 7) is -2.48. The van der Waals surface area contributed by atoms with Gasteiger partial charge in [-0.05, 0) is 25.7 Å². The number of rotatable bonds is 18. The first-order valence-electron chi connectivity index (χ1n) is 21.0. The highest BCUT2D eigenvalue weighted by atomic mass is 16.7. The van der Waals surface area contributed by atoms with Crippen molar-refractivity contribution in [2.24, 2.45) is 0 Å². The summed E-state index contributed by atoms with van der Waals surface area (Å²) >= 11 is 0. The van der Waals surface area contributed by atoms with Gasteiger partial charge in [-0.3, -0.25) is 0 Å². The largest absolute Gasteiger partial charge is 0.394 e. The van der Waals surface area contributed by atoms with Gasteiger partial charge in [-0.25, -0.2) is 14.0 Å². The van der Waals surface area contributed by atoms with E-state index in [0.29, 0.717) is 24.2 Å². The van der Waals surface area contributed by atoms with Crippen molar-refractivity contribution in [2.45, 2.75) is 148 Å². The second kappa shape index (κ2) is 21.7. The lowest BCUT2D eigenvalue weighted by molar-refractivity contribution is -0.301. The molecule has 0 spiro atoms. The van der Waals surface area contributed by atoms with E-state index in [1.54, 1.807) is 0 Å². The van der Waals surface area contributed by atoms with Crippen LogP contribution >= 0.6 is 0 Å². The predicted octanol–water partition coefficient (Wildman–Crippen LogP) is -8.79. The second-order valence-corrected chi connectivity index (χ2v) is 16.3. The van der Waals surface area contributed by atoms with Crippen molar-refractivity contribution in [2.75, 3.05) is 39.6 Å². The highest BCUT2D eigenvalue weighted by Crippen LogP contribution is 2.39. The van der Waals surface area contributed by atoms with E-state index in [1.807, 2.05) is 0 Å². The molecular weight excluding hydrogens is 878 g/mol. The van der Waals surface area contributed by atoms with Crippen LogP contribution in [0, 0.1) is 0 Å². The normalized spacial score (nSPS) is 40.3. The molecule has 0 aromatic carbocycles. The van der Waals surface area contributed by atoms with Crippen LogP contribution in [0.25, 0.3) is 0 Å². The van der Waals surface area contributed by atoms with E-state index in [-0.39, 0.29) is 31.7 Å². The molecule has 0 unspecified atom stereocenters. The monoisotopic (exact) mass is 935 g/mol. The Morgan fingerprint density at radius 1 is 0.446 bits per heavy atom. The number of hydrogen-bond donors (Lipinski definition) is 14. The minimum absolute atomic E-state index is 0.00989. The number of ether oxygens (including phenoxy) is 6. The van der Waals surface area contributed by atoms with Gasteiger partial charge in [0.05, 0.1) is 57.2 Å². The summed E-state index contributed by atoms with van der Waals surface area (Å²) in [7, 11) is 0. The van der Waals surface area contributed by atoms with Gasteiger partial charge in [0, 0.05) is 12.4 Å². The fourth-order valence-electron chi connectivity index (χ4n) is 8.31. The van der Waals surface area contributed by atoms with Crippen molar-refractivity contribution in [3.8, 4) is 0 Å². The molecule has 3 aromatic heterocycles. The fourth-order valence-corrected chi connectivity index (χ4v) is 8.31. The molecule has 20 atom stereocenters. The van der Waals surface area contributed by atoms with Crippen molar-refractivity contribution in [3.63, 3.8) is 0 Å². The van der Waals surface area contributed by atoms with Crippen molar-refractivity contribution >= 4 is 0 Å². The molecule has 4 aliphatic rings. The first-order valence-corrected chi connectivity index (χ1v) is 21.0. The zero-order valence-corrected chi connectivity index (χ0v) is 34.6. The molecular formula is C36H57N9O20. The minimum Gasteiger partial charge on any atom is -0.394 e. The van der Waals surface area contributed by atoms with Gasteiger partial charge in [-0.1, -0.05) is 15.6 Å². The third-order valence-electron chi connectivity index (χ3n) is 12.0. The number of aliphatic hydroxyl groups excluding tert-OH is 14. The number of aryl methyl sites for hydroxylation is 2. The molecule has 0 saturated carbocycles. The van der Waals surface area contributed by atoms with Crippen molar-refractivity contribution in [3.05, 3.63) is 35.7 Å². The Morgan fingerprint density at radius 3 is 1.37 bits per heavy atom. The maximum atomic E-state index is 11.3. The van der Waals surface area contributed by atoms with Crippen molar-refractivity contribution in [1.82, 2.24) is 45.0 Å². The Labute approximate surface area is 368 Å². The Bertz CT molecular complexity index is 1790. The summed E-state index contributed by atoms with van der Waals surface area (Å²) in [6, 6.07) is -2.26. The first kappa shape index (κ1) is 49.5. The Hall–Kier alpha value is -3.38. The molecule has 0 aliphatic carbocycles. The average Bonchev–Trinajstić information content (AvgIpc) is 4.10. The van der Waals surface area contributed by atoms with Gasteiger partial charge in [0.15, 0.2) is 18.8 Å². The van der Waals surface area contributed by atoms with Gasteiger partial charge in [0.25, 0.3) is 0 Å².